The summed E-state index contributed by atoms with van der Waals surface area (Å²) in [7, 11) is 0. The number of nitrogens with zero attached hydrogens (tertiary/aromatic N) is 5. The molecule has 2 unspecified atom stereocenters. The number of carbonyl (C=O) groups excluding carboxylic acids is 2. The Morgan fingerprint density at radius 2 is 1.74 bits per heavy atom. The molecule has 2 atom stereocenters. The van der Waals surface area contributed by atoms with Gasteiger partial charge in [0.25, 0.3) is 5.91 Å². The molecule has 2 aliphatic rings. The number of piperazine rings is 1. The lowest BCUT2D eigenvalue weighted by Gasteiger charge is -2.44. The summed E-state index contributed by atoms with van der Waals surface area (Å²) in [5.74, 6) is -0.207. The average molecular weight is 701 g/mol. The molecule has 4 heterocycles. The van der Waals surface area contributed by atoms with Crippen LogP contribution < -0.4 is 15.0 Å². The van der Waals surface area contributed by atoms with Crippen LogP contribution in [0.1, 0.15) is 57.7 Å². The predicted octanol–water partition coefficient (Wildman–Crippen LogP) is 6.51. The normalized spacial score (nSPS) is 18.9. The molecule has 1 N–H and O–H groups in total. The molecule has 1 aromatic carbocycles. The van der Waals surface area contributed by atoms with E-state index in [0.29, 0.717) is 75.4 Å². The minimum absolute atomic E-state index is 0. The van der Waals surface area contributed by atoms with Crippen molar-refractivity contribution in [3.8, 4) is 17.0 Å². The first-order chi connectivity index (χ1) is 23.6. The maximum Gasteiger partial charge on any atom is 0.416 e. The van der Waals surface area contributed by atoms with Crippen LogP contribution in [0.2, 0.25) is 0 Å². The van der Waals surface area contributed by atoms with Crippen LogP contribution in [-0.2, 0) is 15.7 Å². The third-order valence-corrected chi connectivity index (χ3v) is 8.93. The lowest BCUT2D eigenvalue weighted by Crippen LogP contribution is -2.60. The first-order valence-corrected chi connectivity index (χ1v) is 16.8. The smallest absolute Gasteiger partial charge is 0.416 e. The number of morpholine rings is 1. The molecule has 0 spiro atoms. The van der Waals surface area contributed by atoms with Gasteiger partial charge in [-0.05, 0) is 71.9 Å². The third kappa shape index (κ3) is 9.02. The van der Waals surface area contributed by atoms with E-state index in [4.69, 9.17) is 19.2 Å². The Morgan fingerprint density at radius 3 is 2.44 bits per heavy atom. The monoisotopic (exact) mass is 700 g/mol. The predicted molar refractivity (Wildman–Crippen MR) is 186 cm³/mol. The van der Waals surface area contributed by atoms with Crippen molar-refractivity contribution in [2.45, 2.75) is 65.4 Å². The second-order valence-electron chi connectivity index (χ2n) is 13.6. The fourth-order valence-corrected chi connectivity index (χ4v) is 6.03. The van der Waals surface area contributed by atoms with Crippen molar-refractivity contribution in [3.05, 3.63) is 65.6 Å². The van der Waals surface area contributed by atoms with Crippen LogP contribution in [0.5, 0.6) is 5.88 Å². The fraction of sp³-hybridized carbons (Fsp3) is 0.500. The number of aryl methyl sites for hydroxylation is 1. The summed E-state index contributed by atoms with van der Waals surface area (Å²) in [6.45, 7) is 16.2. The molecule has 5 rings (SSSR count). The molecule has 2 aromatic heterocycles. The van der Waals surface area contributed by atoms with Crippen molar-refractivity contribution in [1.82, 2.24) is 19.8 Å². The Morgan fingerprint density at radius 1 is 1.00 bits per heavy atom. The highest BCUT2D eigenvalue weighted by Crippen LogP contribution is 2.34. The van der Waals surface area contributed by atoms with Crippen molar-refractivity contribution < 1.29 is 38.4 Å². The standard InChI is InChI=1S/C36H45F3N6O5.H2/c1-23-30(20-29(22-40-23)42-32(46)26-8-7-9-28(18-26)36(37,38)39)27-19-31(44-12-15-48-16-13-44)33(41-21-27)49-17-14-43-10-11-45(25(3)24(43)2)34(47)50-35(4,5)6;/h7-9,18-22,24-25H,10-17H2,1-6H3,(H,42,46);1H. The largest absolute Gasteiger partial charge is 0.475 e. The van der Waals surface area contributed by atoms with Crippen LogP contribution in [0.3, 0.4) is 0 Å². The average Bonchev–Trinajstić information content (AvgIpc) is 3.07. The third-order valence-electron chi connectivity index (χ3n) is 8.93. The highest BCUT2D eigenvalue weighted by molar-refractivity contribution is 6.04. The molecule has 11 nitrogen and oxygen atoms in total. The van der Waals surface area contributed by atoms with Gasteiger partial charge >= 0.3 is 12.3 Å². The van der Waals surface area contributed by atoms with Gasteiger partial charge in [0.2, 0.25) is 5.88 Å². The van der Waals surface area contributed by atoms with Gasteiger partial charge in [0, 0.05) is 74.8 Å². The number of nitrogens with one attached hydrogen (secondary N) is 1. The van der Waals surface area contributed by atoms with Gasteiger partial charge in [-0.2, -0.15) is 13.2 Å². The van der Waals surface area contributed by atoms with E-state index in [9.17, 15) is 22.8 Å². The van der Waals surface area contributed by atoms with E-state index in [2.05, 4.69) is 27.0 Å². The Hall–Kier alpha value is -4.43. The van der Waals surface area contributed by atoms with E-state index < -0.39 is 23.2 Å². The van der Waals surface area contributed by atoms with E-state index in [1.807, 2.05) is 40.7 Å². The molecule has 2 fully saturated rings. The second-order valence-corrected chi connectivity index (χ2v) is 13.6. The lowest BCUT2D eigenvalue weighted by molar-refractivity contribution is -0.137. The number of halogens is 3. The summed E-state index contributed by atoms with van der Waals surface area (Å²) in [5, 5.41) is 2.67. The van der Waals surface area contributed by atoms with E-state index in [1.165, 1.54) is 18.3 Å². The first-order valence-electron chi connectivity index (χ1n) is 16.8. The molecule has 50 heavy (non-hydrogen) atoms. The van der Waals surface area contributed by atoms with Gasteiger partial charge in [0.05, 0.1) is 30.7 Å². The number of ether oxygens (including phenoxy) is 3. The van der Waals surface area contributed by atoms with Crippen LogP contribution in [0, 0.1) is 6.92 Å². The zero-order valence-corrected chi connectivity index (χ0v) is 29.3. The number of rotatable bonds is 8. The highest BCUT2D eigenvalue weighted by Gasteiger charge is 2.35. The van der Waals surface area contributed by atoms with Gasteiger partial charge in [-0.1, -0.05) is 6.07 Å². The van der Waals surface area contributed by atoms with Gasteiger partial charge in [0.1, 0.15) is 17.9 Å². The molecule has 272 valence electrons. The molecule has 2 amide bonds. The van der Waals surface area contributed by atoms with Crippen molar-refractivity contribution >= 4 is 23.4 Å². The molecular formula is C36H47F3N6O5. The summed E-state index contributed by atoms with van der Waals surface area (Å²) in [6, 6.07) is 8.02. The van der Waals surface area contributed by atoms with E-state index in [-0.39, 0.29) is 25.2 Å². The van der Waals surface area contributed by atoms with Crippen molar-refractivity contribution in [2.24, 2.45) is 0 Å². The first kappa shape index (κ1) is 36.8. The van der Waals surface area contributed by atoms with Crippen LogP contribution in [0.25, 0.3) is 11.1 Å². The maximum atomic E-state index is 13.2. The fourth-order valence-electron chi connectivity index (χ4n) is 6.03. The molecule has 0 radical (unpaired) electrons. The molecule has 3 aromatic rings. The minimum atomic E-state index is -4.56. The Balaban J connectivity index is 0.00000583. The topological polar surface area (TPSA) is 109 Å². The maximum absolute atomic E-state index is 13.2. The molecule has 14 heteroatoms. The van der Waals surface area contributed by atoms with Crippen molar-refractivity contribution in [3.63, 3.8) is 0 Å². The summed E-state index contributed by atoms with van der Waals surface area (Å²) in [4.78, 5) is 41.1. The zero-order valence-electron chi connectivity index (χ0n) is 29.3. The number of carbonyl (C=O) groups is 2. The molecule has 2 saturated heterocycles. The minimum Gasteiger partial charge on any atom is -0.475 e. The van der Waals surface area contributed by atoms with Gasteiger partial charge < -0.3 is 29.3 Å². The zero-order chi connectivity index (χ0) is 36.2. The summed E-state index contributed by atoms with van der Waals surface area (Å²) < 4.78 is 57.1. The number of pyridine rings is 2. The number of hydrogen-bond acceptors (Lipinski definition) is 9. The quantitative estimate of drug-likeness (QED) is 0.281. The molecular weight excluding hydrogens is 653 g/mol. The lowest BCUT2D eigenvalue weighted by atomic mass is 10.0. The second kappa shape index (κ2) is 15.2. The van der Waals surface area contributed by atoms with Gasteiger partial charge in [0.15, 0.2) is 0 Å². The highest BCUT2D eigenvalue weighted by atomic mass is 19.4. The van der Waals surface area contributed by atoms with Gasteiger partial charge in [-0.15, -0.1) is 0 Å². The Labute approximate surface area is 292 Å². The van der Waals surface area contributed by atoms with Gasteiger partial charge in [-0.25, -0.2) is 9.78 Å². The summed E-state index contributed by atoms with van der Waals surface area (Å²) in [5.41, 5.74) is 1.66. The Kier molecular flexibility index (Phi) is 11.2. The van der Waals surface area contributed by atoms with Crippen molar-refractivity contribution in [2.75, 3.05) is 62.8 Å². The number of alkyl halides is 3. The van der Waals surface area contributed by atoms with Crippen LogP contribution in [-0.4, -0.2) is 102 Å². The molecule has 0 bridgehead atoms. The summed E-state index contributed by atoms with van der Waals surface area (Å²) >= 11 is 0. The van der Waals surface area contributed by atoms with Gasteiger partial charge in [-0.3, -0.25) is 14.7 Å². The van der Waals surface area contributed by atoms with Crippen molar-refractivity contribution in [1.29, 1.82) is 0 Å². The van der Waals surface area contributed by atoms with Crippen LogP contribution in [0.15, 0.2) is 48.8 Å². The number of hydrogen-bond donors (Lipinski definition) is 1. The Bertz CT molecular complexity index is 1680. The number of aromatic nitrogens is 2. The number of benzene rings is 1. The van der Waals surface area contributed by atoms with E-state index in [0.717, 1.165) is 23.4 Å². The van der Waals surface area contributed by atoms with Crippen LogP contribution >= 0.6 is 0 Å². The molecule has 2 aliphatic heterocycles. The summed E-state index contributed by atoms with van der Waals surface area (Å²) in [6.07, 6.45) is -1.72. The van der Waals surface area contributed by atoms with E-state index in [1.54, 1.807) is 17.2 Å². The number of anilines is 2. The number of amides is 2. The SMILES string of the molecule is Cc1ncc(NC(=O)c2cccc(C(F)(F)F)c2)cc1-c1cnc(OCCN2CCN(C(=O)OC(C)(C)C)C(C)C2C)c(N2CCOCC2)c1.[HH]. The molecule has 0 saturated carbocycles. The van der Waals surface area contributed by atoms with Crippen LogP contribution in [0.4, 0.5) is 29.3 Å². The van der Waals surface area contributed by atoms with E-state index >= 15 is 0 Å². The molecule has 0 aliphatic carbocycles.